The van der Waals surface area contributed by atoms with E-state index < -0.39 is 12.0 Å². The Morgan fingerprint density at radius 1 is 0.946 bits per heavy atom. The van der Waals surface area contributed by atoms with Gasteiger partial charge in [-0.05, 0) is 29.8 Å². The summed E-state index contributed by atoms with van der Waals surface area (Å²) in [6.07, 6.45) is 1.90. The van der Waals surface area contributed by atoms with Crippen LogP contribution in [0.5, 0.6) is 11.5 Å². The summed E-state index contributed by atoms with van der Waals surface area (Å²) in [5.41, 5.74) is 3.59. The Balaban J connectivity index is 1.64. The van der Waals surface area contributed by atoms with Gasteiger partial charge in [0, 0.05) is 53.6 Å². The highest BCUT2D eigenvalue weighted by Gasteiger charge is 2.44. The zero-order valence-electron chi connectivity index (χ0n) is 21.0. The summed E-state index contributed by atoms with van der Waals surface area (Å²) in [4.78, 5) is 32.9. The van der Waals surface area contributed by atoms with Crippen LogP contribution in [0, 0.1) is 0 Å². The average Bonchev–Trinajstić information content (AvgIpc) is 3.36. The van der Waals surface area contributed by atoms with Gasteiger partial charge in [-0.3, -0.25) is 9.59 Å². The molecule has 1 aromatic heterocycles. The number of rotatable bonds is 8. The first-order valence-electron chi connectivity index (χ1n) is 12.0. The highest BCUT2D eigenvalue weighted by Crippen LogP contribution is 2.45. The minimum Gasteiger partial charge on any atom is -0.493 e. The van der Waals surface area contributed by atoms with Crippen molar-refractivity contribution >= 4 is 28.4 Å². The van der Waals surface area contributed by atoms with Crippen LogP contribution in [0.1, 0.15) is 33.4 Å². The number of nitrogens with one attached hydrogen (secondary N) is 2. The third-order valence-corrected chi connectivity index (χ3v) is 6.85. The molecule has 2 atom stereocenters. The van der Waals surface area contributed by atoms with E-state index in [1.807, 2.05) is 48.7 Å². The zero-order valence-corrected chi connectivity index (χ0v) is 21.0. The number of aromatic nitrogens is 1. The molecule has 190 valence electrons. The minimum atomic E-state index is -0.668. The smallest absolute Gasteiger partial charge is 0.254 e. The molecule has 0 bridgehead atoms. The first-order chi connectivity index (χ1) is 18.1. The summed E-state index contributed by atoms with van der Waals surface area (Å²) >= 11 is 0. The fraction of sp³-hybridized carbons (Fsp3) is 0.241. The van der Waals surface area contributed by atoms with Crippen molar-refractivity contribution in [3.63, 3.8) is 0 Å². The van der Waals surface area contributed by atoms with Crippen LogP contribution < -0.4 is 14.8 Å². The quantitative estimate of drug-likeness (QED) is 0.365. The van der Waals surface area contributed by atoms with Crippen molar-refractivity contribution in [1.29, 1.82) is 0 Å². The largest absolute Gasteiger partial charge is 0.493 e. The molecule has 37 heavy (non-hydrogen) atoms. The Hall–Kier alpha value is -4.30. The second-order valence-electron chi connectivity index (χ2n) is 8.85. The molecule has 8 heteroatoms. The minimum absolute atomic E-state index is 0.127. The summed E-state index contributed by atoms with van der Waals surface area (Å²) < 4.78 is 16.1. The topological polar surface area (TPSA) is 92.9 Å². The maximum absolute atomic E-state index is 14.1. The van der Waals surface area contributed by atoms with E-state index in [1.165, 1.54) is 0 Å². The number of hydrogen-bond donors (Lipinski definition) is 2. The molecule has 0 saturated carbocycles. The maximum atomic E-state index is 14.1. The summed E-state index contributed by atoms with van der Waals surface area (Å²) in [5.74, 6) is 0.0481. The van der Waals surface area contributed by atoms with E-state index in [0.717, 1.165) is 16.5 Å². The SMILES string of the molecule is COCCN1C(=O)c2ccccc2[C@H](C(=O)Nc2ccc(OC)c(OC)c2)[C@@H]1c1c[nH]c2ccccc12. The van der Waals surface area contributed by atoms with Gasteiger partial charge in [0.25, 0.3) is 5.91 Å². The van der Waals surface area contributed by atoms with Crippen LogP contribution in [-0.4, -0.2) is 56.2 Å². The molecule has 2 amide bonds. The molecule has 1 aliphatic rings. The monoisotopic (exact) mass is 499 g/mol. The molecule has 0 radical (unpaired) electrons. The van der Waals surface area contributed by atoms with Gasteiger partial charge in [-0.25, -0.2) is 0 Å². The van der Waals surface area contributed by atoms with Gasteiger partial charge < -0.3 is 29.4 Å². The third-order valence-electron chi connectivity index (χ3n) is 6.85. The first kappa shape index (κ1) is 24.4. The zero-order chi connectivity index (χ0) is 25.9. The van der Waals surface area contributed by atoms with Crippen molar-refractivity contribution in [2.75, 3.05) is 39.8 Å². The van der Waals surface area contributed by atoms with Crippen LogP contribution in [0.2, 0.25) is 0 Å². The van der Waals surface area contributed by atoms with Gasteiger partial charge in [-0.2, -0.15) is 0 Å². The van der Waals surface area contributed by atoms with Crippen molar-refractivity contribution in [2.24, 2.45) is 0 Å². The standard InChI is InChI=1S/C29H29N3O5/c1-35-15-14-32-27(22-17-30-23-11-7-6-8-19(22)23)26(20-9-4-5-10-21(20)29(32)34)28(33)31-18-12-13-24(36-2)25(16-18)37-3/h4-13,16-17,26-27,30H,14-15H2,1-3H3,(H,31,33)/t26-,27-/m0/s1. The van der Waals surface area contributed by atoms with Crippen molar-refractivity contribution < 1.29 is 23.8 Å². The van der Waals surface area contributed by atoms with Crippen LogP contribution in [0.15, 0.2) is 72.9 Å². The summed E-state index contributed by atoms with van der Waals surface area (Å²) in [6.45, 7) is 0.685. The molecule has 0 saturated heterocycles. The molecule has 0 aliphatic carbocycles. The molecular formula is C29H29N3O5. The molecule has 2 heterocycles. The van der Waals surface area contributed by atoms with Crippen LogP contribution in [0.4, 0.5) is 5.69 Å². The van der Waals surface area contributed by atoms with Crippen molar-refractivity contribution in [3.8, 4) is 11.5 Å². The Kier molecular flexibility index (Phi) is 6.83. The number of anilines is 1. The van der Waals surface area contributed by atoms with E-state index in [2.05, 4.69) is 10.3 Å². The van der Waals surface area contributed by atoms with Gasteiger partial charge in [-0.15, -0.1) is 0 Å². The highest BCUT2D eigenvalue weighted by atomic mass is 16.5. The van der Waals surface area contributed by atoms with Gasteiger partial charge in [0.05, 0.1) is 32.8 Å². The van der Waals surface area contributed by atoms with Crippen LogP contribution >= 0.6 is 0 Å². The third kappa shape index (κ3) is 4.40. The van der Waals surface area contributed by atoms with Gasteiger partial charge in [0.1, 0.15) is 0 Å². The second-order valence-corrected chi connectivity index (χ2v) is 8.85. The van der Waals surface area contributed by atoms with Gasteiger partial charge in [-0.1, -0.05) is 36.4 Å². The Morgan fingerprint density at radius 3 is 2.49 bits per heavy atom. The van der Waals surface area contributed by atoms with E-state index in [0.29, 0.717) is 41.5 Å². The van der Waals surface area contributed by atoms with Crippen LogP contribution in [0.25, 0.3) is 10.9 Å². The number of methoxy groups -OCH3 is 3. The second kappa shape index (κ2) is 10.4. The number of fused-ring (bicyclic) bond motifs is 2. The number of carbonyl (C=O) groups is 2. The highest BCUT2D eigenvalue weighted by molar-refractivity contribution is 6.05. The predicted octanol–water partition coefficient (Wildman–Crippen LogP) is 4.75. The lowest BCUT2D eigenvalue weighted by atomic mass is 9.79. The number of H-pyrrole nitrogens is 1. The average molecular weight is 500 g/mol. The molecule has 0 unspecified atom stereocenters. The number of benzene rings is 3. The number of aromatic amines is 1. The number of nitrogens with zero attached hydrogens (tertiary/aromatic N) is 1. The molecule has 2 N–H and O–H groups in total. The molecular weight excluding hydrogens is 470 g/mol. The Morgan fingerprint density at radius 2 is 1.70 bits per heavy atom. The molecule has 0 fully saturated rings. The van der Waals surface area contributed by atoms with E-state index in [1.54, 1.807) is 50.5 Å². The molecule has 0 spiro atoms. The lowest BCUT2D eigenvalue weighted by Gasteiger charge is -2.41. The van der Waals surface area contributed by atoms with E-state index in [-0.39, 0.29) is 11.8 Å². The summed E-state index contributed by atoms with van der Waals surface area (Å²) in [7, 11) is 4.71. The number of amides is 2. The van der Waals surface area contributed by atoms with E-state index >= 15 is 0 Å². The van der Waals surface area contributed by atoms with Crippen molar-refractivity contribution in [3.05, 3.63) is 89.6 Å². The van der Waals surface area contributed by atoms with E-state index in [4.69, 9.17) is 14.2 Å². The fourth-order valence-electron chi connectivity index (χ4n) is 5.13. The van der Waals surface area contributed by atoms with Crippen LogP contribution in [0.3, 0.4) is 0 Å². The van der Waals surface area contributed by atoms with Crippen LogP contribution in [-0.2, 0) is 9.53 Å². The summed E-state index contributed by atoms with van der Waals surface area (Å²) in [5, 5.41) is 4.02. The normalized spacial score (nSPS) is 16.9. The molecule has 5 rings (SSSR count). The van der Waals surface area contributed by atoms with Gasteiger partial charge >= 0.3 is 0 Å². The predicted molar refractivity (Wildman–Crippen MR) is 141 cm³/mol. The van der Waals surface area contributed by atoms with Gasteiger partial charge in [0.15, 0.2) is 11.5 Å². The molecule has 8 nitrogen and oxygen atoms in total. The van der Waals surface area contributed by atoms with Crippen molar-refractivity contribution in [2.45, 2.75) is 12.0 Å². The van der Waals surface area contributed by atoms with E-state index in [9.17, 15) is 9.59 Å². The molecule has 4 aromatic rings. The number of carbonyl (C=O) groups excluding carboxylic acids is 2. The lowest BCUT2D eigenvalue weighted by molar-refractivity contribution is -0.119. The first-order valence-corrected chi connectivity index (χ1v) is 12.0. The Labute approximate surface area is 215 Å². The van der Waals surface area contributed by atoms with Gasteiger partial charge in [0.2, 0.25) is 5.91 Å². The Bertz CT molecular complexity index is 1450. The molecule has 3 aromatic carbocycles. The number of hydrogen-bond acceptors (Lipinski definition) is 5. The summed E-state index contributed by atoms with van der Waals surface area (Å²) in [6, 6.07) is 19.9. The molecule has 1 aliphatic heterocycles. The van der Waals surface area contributed by atoms with Crippen molar-refractivity contribution in [1.82, 2.24) is 9.88 Å². The number of para-hydroxylation sites is 1. The maximum Gasteiger partial charge on any atom is 0.254 e. The lowest BCUT2D eigenvalue weighted by Crippen LogP contribution is -2.47. The number of ether oxygens (including phenoxy) is 3. The fourth-order valence-corrected chi connectivity index (χ4v) is 5.13.